The number of esters is 2. The highest BCUT2D eigenvalue weighted by atomic mass is 16.6. The Bertz CT molecular complexity index is 990. The van der Waals surface area contributed by atoms with E-state index < -0.39 is 11.5 Å². The summed E-state index contributed by atoms with van der Waals surface area (Å²) in [6.45, 7) is 13.3. The first kappa shape index (κ1) is 22.7. The topological polar surface area (TPSA) is 65.7 Å². The monoisotopic (exact) mass is 454 g/mol. The van der Waals surface area contributed by atoms with Crippen LogP contribution in [-0.4, -0.2) is 18.0 Å². The van der Waals surface area contributed by atoms with Gasteiger partial charge in [-0.25, -0.2) is 4.79 Å². The van der Waals surface area contributed by atoms with Gasteiger partial charge in [0.15, 0.2) is 0 Å². The number of fused-ring (bicyclic) bond motifs is 5. The molecule has 0 spiro atoms. The van der Waals surface area contributed by atoms with Crippen molar-refractivity contribution < 1.29 is 23.5 Å². The molecular formula is C28H38O5. The lowest BCUT2D eigenvalue weighted by molar-refractivity contribution is -0.212. The van der Waals surface area contributed by atoms with Gasteiger partial charge in [-0.15, -0.1) is 0 Å². The predicted molar refractivity (Wildman–Crippen MR) is 124 cm³/mol. The van der Waals surface area contributed by atoms with E-state index in [0.717, 1.165) is 30.4 Å². The van der Waals surface area contributed by atoms with Gasteiger partial charge in [0.05, 0.1) is 12.5 Å². The van der Waals surface area contributed by atoms with Crippen LogP contribution in [-0.2, 0) is 19.1 Å². The molecule has 2 heterocycles. The third-order valence-corrected chi connectivity index (χ3v) is 10.3. The standard InChI is InChI=1S/C28H38O5/c1-17(29)32-22-14-20-25(2,3)10-7-11-26(20,4)19-8-12-27(5)21(28(19,22)6)15-23(30)33-24(27)18-9-13-31-16-18/h9,13,15-16,19-20,22,24H,7-8,10-12,14H2,1-6H3/t19?,20?,22?,24-,26+,27+,28+/m0/s1. The molecule has 0 amide bonds. The first-order chi connectivity index (χ1) is 15.4. The average molecular weight is 455 g/mol. The van der Waals surface area contributed by atoms with E-state index in [4.69, 9.17) is 13.9 Å². The summed E-state index contributed by atoms with van der Waals surface area (Å²) in [6.07, 6.45) is 10.8. The number of carbonyl (C=O) groups is 2. The summed E-state index contributed by atoms with van der Waals surface area (Å²) in [7, 11) is 0. The van der Waals surface area contributed by atoms with E-state index in [1.807, 2.05) is 6.07 Å². The number of cyclic esters (lactones) is 1. The highest BCUT2D eigenvalue weighted by molar-refractivity contribution is 5.85. The van der Waals surface area contributed by atoms with E-state index in [1.54, 1.807) is 18.6 Å². The first-order valence-corrected chi connectivity index (χ1v) is 12.6. The number of rotatable bonds is 2. The molecule has 7 atom stereocenters. The van der Waals surface area contributed by atoms with Crippen molar-refractivity contribution in [1.82, 2.24) is 0 Å². The average Bonchev–Trinajstić information content (AvgIpc) is 3.24. The molecule has 0 saturated heterocycles. The van der Waals surface area contributed by atoms with E-state index in [2.05, 4.69) is 34.6 Å². The zero-order valence-corrected chi connectivity index (χ0v) is 20.9. The summed E-state index contributed by atoms with van der Waals surface area (Å²) in [5.41, 5.74) is 1.55. The van der Waals surface area contributed by atoms with Crippen molar-refractivity contribution in [3.63, 3.8) is 0 Å². The van der Waals surface area contributed by atoms with Gasteiger partial charge in [0, 0.05) is 29.4 Å². The van der Waals surface area contributed by atoms with E-state index in [9.17, 15) is 9.59 Å². The molecule has 180 valence electrons. The summed E-state index contributed by atoms with van der Waals surface area (Å²) in [6, 6.07) is 1.89. The third kappa shape index (κ3) is 3.10. The quantitative estimate of drug-likeness (QED) is 0.484. The molecule has 0 N–H and O–H groups in total. The van der Waals surface area contributed by atoms with Gasteiger partial charge >= 0.3 is 11.9 Å². The van der Waals surface area contributed by atoms with Crippen molar-refractivity contribution in [2.45, 2.75) is 92.3 Å². The molecule has 1 aliphatic heterocycles. The minimum Gasteiger partial charge on any atom is -0.472 e. The SMILES string of the molecule is CC(=O)OC1CC2C(C)(C)CCC[C@]2(C)C2CC[C@]3(C)C(=CC(=O)O[C@H]3c3ccoc3)[C@]12C. The molecule has 0 radical (unpaired) electrons. The summed E-state index contributed by atoms with van der Waals surface area (Å²) in [4.78, 5) is 25.3. The summed E-state index contributed by atoms with van der Waals surface area (Å²) < 4.78 is 17.4. The molecule has 3 fully saturated rings. The fourth-order valence-electron chi connectivity index (χ4n) is 8.95. The Kier molecular flexibility index (Phi) is 4.98. The van der Waals surface area contributed by atoms with Crippen molar-refractivity contribution in [2.24, 2.45) is 33.5 Å². The van der Waals surface area contributed by atoms with Gasteiger partial charge in [0.1, 0.15) is 12.2 Å². The van der Waals surface area contributed by atoms with Crippen LogP contribution in [0.15, 0.2) is 34.7 Å². The fourth-order valence-corrected chi connectivity index (χ4v) is 8.95. The van der Waals surface area contributed by atoms with Gasteiger partial charge in [-0.2, -0.15) is 0 Å². The molecule has 0 aromatic carbocycles. The smallest absolute Gasteiger partial charge is 0.331 e. The van der Waals surface area contributed by atoms with Crippen LogP contribution < -0.4 is 0 Å². The van der Waals surface area contributed by atoms with Crippen molar-refractivity contribution in [2.75, 3.05) is 0 Å². The van der Waals surface area contributed by atoms with Crippen molar-refractivity contribution in [1.29, 1.82) is 0 Å². The normalized spacial score (nSPS) is 43.9. The Labute approximate surface area is 197 Å². The van der Waals surface area contributed by atoms with Crippen LogP contribution in [0.3, 0.4) is 0 Å². The van der Waals surface area contributed by atoms with E-state index in [1.165, 1.54) is 26.2 Å². The van der Waals surface area contributed by atoms with Gasteiger partial charge in [-0.3, -0.25) is 4.79 Å². The van der Waals surface area contributed by atoms with E-state index in [-0.39, 0.29) is 34.3 Å². The van der Waals surface area contributed by atoms with Crippen LogP contribution in [0.4, 0.5) is 0 Å². The molecule has 3 saturated carbocycles. The van der Waals surface area contributed by atoms with E-state index in [0.29, 0.717) is 11.8 Å². The molecule has 5 nitrogen and oxygen atoms in total. The molecule has 4 aliphatic rings. The Morgan fingerprint density at radius 3 is 2.52 bits per heavy atom. The molecule has 0 bridgehead atoms. The number of ether oxygens (including phenoxy) is 2. The van der Waals surface area contributed by atoms with Gasteiger partial charge < -0.3 is 13.9 Å². The molecule has 3 aliphatic carbocycles. The highest BCUT2D eigenvalue weighted by Crippen LogP contribution is 2.73. The lowest BCUT2D eigenvalue weighted by atomic mass is 9.37. The molecular weight excluding hydrogens is 416 g/mol. The maximum atomic E-state index is 12.9. The Morgan fingerprint density at radius 1 is 1.09 bits per heavy atom. The van der Waals surface area contributed by atoms with Gasteiger partial charge in [0.2, 0.25) is 0 Å². The van der Waals surface area contributed by atoms with Crippen LogP contribution in [0.2, 0.25) is 0 Å². The number of furan rings is 1. The molecule has 33 heavy (non-hydrogen) atoms. The lowest BCUT2D eigenvalue weighted by Crippen LogP contribution is -2.65. The molecule has 3 unspecified atom stereocenters. The van der Waals surface area contributed by atoms with Crippen LogP contribution in [0.5, 0.6) is 0 Å². The van der Waals surface area contributed by atoms with Crippen molar-refractivity contribution in [3.05, 3.63) is 35.8 Å². The minimum absolute atomic E-state index is 0.141. The summed E-state index contributed by atoms with van der Waals surface area (Å²) >= 11 is 0. The molecule has 5 rings (SSSR count). The second-order valence-corrected chi connectivity index (χ2v) is 12.5. The summed E-state index contributed by atoms with van der Waals surface area (Å²) in [5, 5.41) is 0. The fraction of sp³-hybridized carbons (Fsp3) is 0.714. The maximum absolute atomic E-state index is 12.9. The van der Waals surface area contributed by atoms with Crippen molar-refractivity contribution in [3.8, 4) is 0 Å². The minimum atomic E-state index is -0.418. The maximum Gasteiger partial charge on any atom is 0.331 e. The van der Waals surface area contributed by atoms with Crippen LogP contribution in [0.25, 0.3) is 0 Å². The Balaban J connectivity index is 1.67. The zero-order valence-electron chi connectivity index (χ0n) is 20.9. The van der Waals surface area contributed by atoms with Crippen LogP contribution >= 0.6 is 0 Å². The largest absolute Gasteiger partial charge is 0.472 e. The zero-order chi connectivity index (χ0) is 23.8. The Hall–Kier alpha value is -2.04. The predicted octanol–water partition coefficient (Wildman–Crippen LogP) is 6.39. The first-order valence-electron chi connectivity index (χ1n) is 12.6. The number of hydrogen-bond acceptors (Lipinski definition) is 5. The van der Waals surface area contributed by atoms with Crippen LogP contribution in [0.1, 0.15) is 91.7 Å². The summed E-state index contributed by atoms with van der Waals surface area (Å²) in [5.74, 6) is 0.262. The number of carbonyl (C=O) groups excluding carboxylic acids is 2. The van der Waals surface area contributed by atoms with Crippen LogP contribution in [0, 0.1) is 33.5 Å². The molecule has 1 aromatic rings. The van der Waals surface area contributed by atoms with Gasteiger partial charge in [0.25, 0.3) is 0 Å². The Morgan fingerprint density at radius 2 is 1.85 bits per heavy atom. The van der Waals surface area contributed by atoms with Gasteiger partial charge in [-0.1, -0.05) is 41.0 Å². The second kappa shape index (κ2) is 7.23. The highest BCUT2D eigenvalue weighted by Gasteiger charge is 2.68. The van der Waals surface area contributed by atoms with E-state index >= 15 is 0 Å². The molecule has 5 heteroatoms. The number of hydrogen-bond donors (Lipinski definition) is 0. The second-order valence-electron chi connectivity index (χ2n) is 12.5. The van der Waals surface area contributed by atoms with Crippen molar-refractivity contribution >= 4 is 11.9 Å². The third-order valence-electron chi connectivity index (χ3n) is 10.3. The lowest BCUT2D eigenvalue weighted by Gasteiger charge is -2.68. The molecule has 1 aromatic heterocycles. The van der Waals surface area contributed by atoms with Gasteiger partial charge in [-0.05, 0) is 66.4 Å².